The molecule has 1 aromatic rings. The molecule has 0 amide bonds. The molecule has 0 aliphatic rings. The van der Waals surface area contributed by atoms with Gasteiger partial charge < -0.3 is 10.4 Å². The van der Waals surface area contributed by atoms with Gasteiger partial charge in [0.15, 0.2) is 0 Å². The minimum atomic E-state index is -0.869. The maximum Gasteiger partial charge on any atom is 0.303 e. The number of benzene rings is 1. The van der Waals surface area contributed by atoms with Crippen LogP contribution in [0.3, 0.4) is 0 Å². The molecular formula is C11H14N2O4. The number of nitro benzene ring substituents is 1. The monoisotopic (exact) mass is 238 g/mol. The third-order valence-electron chi connectivity index (χ3n) is 2.32. The summed E-state index contributed by atoms with van der Waals surface area (Å²) in [5, 5.41) is 22.2. The number of nitrogens with zero attached hydrogens (tertiary/aromatic N) is 1. The lowest BCUT2D eigenvalue weighted by atomic mass is 10.1. The molecule has 0 aliphatic heterocycles. The molecule has 92 valence electrons. The zero-order chi connectivity index (χ0) is 12.8. The van der Waals surface area contributed by atoms with E-state index in [1.807, 2.05) is 0 Å². The standard InChI is InChI=1S/C11H14N2O4/c1-8-4-2-5-9(13(16)17)11(8)12-7-3-6-10(14)15/h2,4-5,12H,3,6-7H2,1H3,(H,14,15). The van der Waals surface area contributed by atoms with Crippen LogP contribution in [-0.4, -0.2) is 22.5 Å². The number of nitrogens with one attached hydrogen (secondary N) is 1. The third kappa shape index (κ3) is 3.75. The molecule has 0 bridgehead atoms. The molecule has 0 saturated carbocycles. The summed E-state index contributed by atoms with van der Waals surface area (Å²) in [6.07, 6.45) is 0.480. The Kier molecular flexibility index (Phi) is 4.45. The second-order valence-electron chi connectivity index (χ2n) is 3.65. The van der Waals surface area contributed by atoms with Crippen LogP contribution in [-0.2, 0) is 4.79 Å². The number of carboxylic acid groups (broad SMARTS) is 1. The largest absolute Gasteiger partial charge is 0.481 e. The van der Waals surface area contributed by atoms with E-state index in [2.05, 4.69) is 5.32 Å². The van der Waals surface area contributed by atoms with Crippen molar-refractivity contribution in [2.75, 3.05) is 11.9 Å². The molecule has 1 rings (SSSR count). The summed E-state index contributed by atoms with van der Waals surface area (Å²) in [6.45, 7) is 2.17. The zero-order valence-electron chi connectivity index (χ0n) is 9.47. The number of aliphatic carboxylic acids is 1. The zero-order valence-corrected chi connectivity index (χ0v) is 9.47. The van der Waals surface area contributed by atoms with Crippen molar-refractivity contribution in [2.45, 2.75) is 19.8 Å². The molecule has 17 heavy (non-hydrogen) atoms. The molecule has 0 saturated heterocycles. The fourth-order valence-corrected chi connectivity index (χ4v) is 1.49. The number of aryl methyl sites for hydroxylation is 1. The Labute approximate surface area is 98.4 Å². The first-order chi connectivity index (χ1) is 8.02. The molecule has 1 aromatic carbocycles. The van der Waals surface area contributed by atoms with E-state index in [1.54, 1.807) is 19.1 Å². The van der Waals surface area contributed by atoms with Crippen LogP contribution in [0.1, 0.15) is 18.4 Å². The molecule has 0 spiro atoms. The van der Waals surface area contributed by atoms with Crippen molar-refractivity contribution in [3.63, 3.8) is 0 Å². The SMILES string of the molecule is Cc1cccc([N+](=O)[O-])c1NCCCC(=O)O. The van der Waals surface area contributed by atoms with E-state index < -0.39 is 10.9 Å². The minimum Gasteiger partial charge on any atom is -0.481 e. The second kappa shape index (κ2) is 5.83. The lowest BCUT2D eigenvalue weighted by Crippen LogP contribution is -2.07. The lowest BCUT2D eigenvalue weighted by Gasteiger charge is -2.08. The van der Waals surface area contributed by atoms with Crippen LogP contribution in [0.15, 0.2) is 18.2 Å². The normalized spacial score (nSPS) is 9.94. The van der Waals surface area contributed by atoms with Crippen LogP contribution in [0.25, 0.3) is 0 Å². The van der Waals surface area contributed by atoms with Gasteiger partial charge in [-0.2, -0.15) is 0 Å². The highest BCUT2D eigenvalue weighted by molar-refractivity contribution is 5.67. The Morgan fingerprint density at radius 1 is 1.53 bits per heavy atom. The number of nitro groups is 1. The van der Waals surface area contributed by atoms with Crippen LogP contribution >= 0.6 is 0 Å². The minimum absolute atomic E-state index is 0.0142. The van der Waals surface area contributed by atoms with Gasteiger partial charge in [0, 0.05) is 19.0 Å². The highest BCUT2D eigenvalue weighted by Gasteiger charge is 2.14. The molecule has 0 aliphatic carbocycles. The average Bonchev–Trinajstić information content (AvgIpc) is 2.25. The average molecular weight is 238 g/mol. The van der Waals surface area contributed by atoms with Crippen molar-refractivity contribution in [1.82, 2.24) is 0 Å². The number of hydrogen-bond donors (Lipinski definition) is 2. The molecular weight excluding hydrogens is 224 g/mol. The summed E-state index contributed by atoms with van der Waals surface area (Å²) in [7, 11) is 0. The summed E-state index contributed by atoms with van der Waals surface area (Å²) >= 11 is 0. The summed E-state index contributed by atoms with van der Waals surface area (Å²) in [5.41, 5.74) is 1.25. The van der Waals surface area contributed by atoms with E-state index >= 15 is 0 Å². The van der Waals surface area contributed by atoms with Gasteiger partial charge in [0.25, 0.3) is 5.69 Å². The van der Waals surface area contributed by atoms with Gasteiger partial charge in [-0.1, -0.05) is 12.1 Å². The third-order valence-corrected chi connectivity index (χ3v) is 2.32. The first-order valence-corrected chi connectivity index (χ1v) is 5.22. The van der Waals surface area contributed by atoms with Crippen LogP contribution < -0.4 is 5.32 Å². The molecule has 0 aromatic heterocycles. The molecule has 0 fully saturated rings. The number of carboxylic acids is 1. The molecule has 0 atom stereocenters. The van der Waals surface area contributed by atoms with E-state index in [-0.39, 0.29) is 12.1 Å². The van der Waals surface area contributed by atoms with Crippen LogP contribution in [0.4, 0.5) is 11.4 Å². The van der Waals surface area contributed by atoms with Gasteiger partial charge in [-0.15, -0.1) is 0 Å². The smallest absolute Gasteiger partial charge is 0.303 e. The predicted octanol–water partition coefficient (Wildman–Crippen LogP) is 2.18. The van der Waals surface area contributed by atoms with E-state index in [0.717, 1.165) is 5.56 Å². The van der Waals surface area contributed by atoms with Gasteiger partial charge in [0.05, 0.1) is 4.92 Å². The van der Waals surface area contributed by atoms with Gasteiger partial charge in [-0.25, -0.2) is 0 Å². The van der Waals surface area contributed by atoms with Gasteiger partial charge in [0.2, 0.25) is 0 Å². The molecule has 6 heteroatoms. The Hall–Kier alpha value is -2.11. The van der Waals surface area contributed by atoms with Crippen LogP contribution in [0.2, 0.25) is 0 Å². The summed E-state index contributed by atoms with van der Waals surface area (Å²) in [4.78, 5) is 20.7. The van der Waals surface area contributed by atoms with Gasteiger partial charge in [-0.05, 0) is 18.9 Å². The maximum atomic E-state index is 10.8. The molecule has 2 N–H and O–H groups in total. The van der Waals surface area contributed by atoms with Gasteiger partial charge in [-0.3, -0.25) is 14.9 Å². The van der Waals surface area contributed by atoms with Gasteiger partial charge in [0.1, 0.15) is 5.69 Å². The fraction of sp³-hybridized carbons (Fsp3) is 0.364. The lowest BCUT2D eigenvalue weighted by molar-refractivity contribution is -0.384. The summed E-state index contributed by atoms with van der Waals surface area (Å²) < 4.78 is 0. The van der Waals surface area contributed by atoms with Crippen molar-refractivity contribution < 1.29 is 14.8 Å². The second-order valence-corrected chi connectivity index (χ2v) is 3.65. The summed E-state index contributed by atoms with van der Waals surface area (Å²) in [6, 6.07) is 4.81. The Morgan fingerprint density at radius 2 is 2.24 bits per heavy atom. The molecule has 0 heterocycles. The van der Waals surface area contributed by atoms with Crippen LogP contribution in [0.5, 0.6) is 0 Å². The van der Waals surface area contributed by atoms with E-state index in [0.29, 0.717) is 18.7 Å². The molecule has 6 nitrogen and oxygen atoms in total. The van der Waals surface area contributed by atoms with Crippen LogP contribution in [0, 0.1) is 17.0 Å². The first kappa shape index (κ1) is 13.0. The van der Waals surface area contributed by atoms with E-state index in [1.165, 1.54) is 6.07 Å². The Morgan fingerprint density at radius 3 is 2.82 bits per heavy atom. The number of hydrogen-bond acceptors (Lipinski definition) is 4. The maximum absolute atomic E-state index is 10.8. The Balaban J connectivity index is 2.69. The summed E-state index contributed by atoms with van der Waals surface area (Å²) in [5.74, 6) is -0.869. The quantitative estimate of drug-likeness (QED) is 0.450. The van der Waals surface area contributed by atoms with Crippen molar-refractivity contribution >= 4 is 17.3 Å². The van der Waals surface area contributed by atoms with Crippen molar-refractivity contribution in [1.29, 1.82) is 0 Å². The van der Waals surface area contributed by atoms with E-state index in [9.17, 15) is 14.9 Å². The fourth-order valence-electron chi connectivity index (χ4n) is 1.49. The first-order valence-electron chi connectivity index (χ1n) is 5.22. The number of rotatable bonds is 6. The van der Waals surface area contributed by atoms with Crippen molar-refractivity contribution in [3.05, 3.63) is 33.9 Å². The topological polar surface area (TPSA) is 92.5 Å². The van der Waals surface area contributed by atoms with Crippen molar-refractivity contribution in [3.8, 4) is 0 Å². The Bertz CT molecular complexity index is 431. The number of para-hydroxylation sites is 1. The van der Waals surface area contributed by atoms with Crippen molar-refractivity contribution in [2.24, 2.45) is 0 Å². The molecule has 0 radical (unpaired) electrons. The highest BCUT2D eigenvalue weighted by atomic mass is 16.6. The highest BCUT2D eigenvalue weighted by Crippen LogP contribution is 2.27. The predicted molar refractivity (Wildman–Crippen MR) is 63.2 cm³/mol. The number of anilines is 1. The molecule has 0 unspecified atom stereocenters. The van der Waals surface area contributed by atoms with Gasteiger partial charge >= 0.3 is 5.97 Å². The number of carbonyl (C=O) groups is 1. The van der Waals surface area contributed by atoms with E-state index in [4.69, 9.17) is 5.11 Å².